The first-order chi connectivity index (χ1) is 9.24. The van der Waals surface area contributed by atoms with Crippen molar-refractivity contribution in [1.82, 2.24) is 9.80 Å². The molecule has 0 saturated carbocycles. The van der Waals surface area contributed by atoms with Gasteiger partial charge in [0, 0.05) is 24.7 Å². The van der Waals surface area contributed by atoms with Gasteiger partial charge < -0.3 is 5.73 Å². The second kappa shape index (κ2) is 5.47. The predicted octanol–water partition coefficient (Wildman–Crippen LogP) is 2.08. The van der Waals surface area contributed by atoms with Crippen LogP contribution in [0.15, 0.2) is 18.2 Å². The average molecular weight is 263 g/mol. The Morgan fingerprint density at radius 3 is 2.95 bits per heavy atom. The summed E-state index contributed by atoms with van der Waals surface area (Å²) in [7, 11) is 0. The normalized spacial score (nSPS) is 25.2. The highest BCUT2D eigenvalue weighted by Crippen LogP contribution is 2.23. The number of hydrogen-bond acceptors (Lipinski definition) is 3. The SMILES string of the molecule is Nc1cccc(CN2CCCN3CCCC3C2)c1F. The molecule has 19 heavy (non-hydrogen) atoms. The summed E-state index contributed by atoms with van der Waals surface area (Å²) in [6.07, 6.45) is 3.78. The lowest BCUT2D eigenvalue weighted by molar-refractivity contribution is 0.214. The van der Waals surface area contributed by atoms with Crippen LogP contribution in [-0.2, 0) is 6.54 Å². The van der Waals surface area contributed by atoms with Crippen molar-refractivity contribution >= 4 is 5.69 Å². The van der Waals surface area contributed by atoms with Crippen molar-refractivity contribution in [2.45, 2.75) is 31.8 Å². The second-order valence-corrected chi connectivity index (χ2v) is 5.74. The number of fused-ring (bicyclic) bond motifs is 1. The number of benzene rings is 1. The van der Waals surface area contributed by atoms with E-state index in [4.69, 9.17) is 5.73 Å². The molecule has 3 rings (SSSR count). The first-order valence-corrected chi connectivity index (χ1v) is 7.23. The Bertz CT molecular complexity index is 449. The molecule has 3 nitrogen and oxygen atoms in total. The highest BCUT2D eigenvalue weighted by molar-refractivity contribution is 5.42. The zero-order valence-corrected chi connectivity index (χ0v) is 11.3. The molecular weight excluding hydrogens is 241 g/mol. The molecule has 2 heterocycles. The maximum Gasteiger partial charge on any atom is 0.150 e. The van der Waals surface area contributed by atoms with E-state index in [9.17, 15) is 4.39 Å². The minimum Gasteiger partial charge on any atom is -0.396 e. The van der Waals surface area contributed by atoms with E-state index in [0.717, 1.165) is 18.7 Å². The molecule has 0 spiro atoms. The number of rotatable bonds is 2. The molecule has 104 valence electrons. The van der Waals surface area contributed by atoms with Crippen LogP contribution in [0.2, 0.25) is 0 Å². The zero-order valence-electron chi connectivity index (χ0n) is 11.3. The number of halogens is 1. The molecule has 1 atom stereocenters. The first-order valence-electron chi connectivity index (χ1n) is 7.23. The van der Waals surface area contributed by atoms with Gasteiger partial charge in [-0.3, -0.25) is 9.80 Å². The highest BCUT2D eigenvalue weighted by Gasteiger charge is 2.28. The molecule has 0 aliphatic carbocycles. The van der Waals surface area contributed by atoms with Crippen LogP contribution in [0.5, 0.6) is 0 Å². The summed E-state index contributed by atoms with van der Waals surface area (Å²) in [5, 5.41) is 0. The van der Waals surface area contributed by atoms with Crippen LogP contribution in [-0.4, -0.2) is 42.0 Å². The van der Waals surface area contributed by atoms with E-state index in [-0.39, 0.29) is 11.5 Å². The summed E-state index contributed by atoms with van der Waals surface area (Å²) in [5.41, 5.74) is 6.63. The second-order valence-electron chi connectivity index (χ2n) is 5.74. The van der Waals surface area contributed by atoms with E-state index in [1.165, 1.54) is 32.4 Å². The Hall–Kier alpha value is -1.13. The van der Waals surface area contributed by atoms with Gasteiger partial charge in [-0.1, -0.05) is 12.1 Å². The van der Waals surface area contributed by atoms with Crippen LogP contribution in [0.3, 0.4) is 0 Å². The molecule has 0 radical (unpaired) electrons. The van der Waals surface area contributed by atoms with Gasteiger partial charge in [0.05, 0.1) is 5.69 Å². The van der Waals surface area contributed by atoms with Crippen molar-refractivity contribution in [3.8, 4) is 0 Å². The lowest BCUT2D eigenvalue weighted by Gasteiger charge is -2.25. The molecule has 2 saturated heterocycles. The number of nitrogen functional groups attached to an aromatic ring is 1. The molecule has 1 aromatic rings. The van der Waals surface area contributed by atoms with Crippen LogP contribution < -0.4 is 5.73 Å². The topological polar surface area (TPSA) is 32.5 Å². The van der Waals surface area contributed by atoms with Crippen molar-refractivity contribution < 1.29 is 4.39 Å². The number of hydrogen-bond donors (Lipinski definition) is 1. The highest BCUT2D eigenvalue weighted by atomic mass is 19.1. The molecule has 0 amide bonds. The zero-order chi connectivity index (χ0) is 13.2. The van der Waals surface area contributed by atoms with Gasteiger partial charge in [-0.2, -0.15) is 0 Å². The Morgan fingerprint density at radius 1 is 1.21 bits per heavy atom. The van der Waals surface area contributed by atoms with Crippen LogP contribution in [0, 0.1) is 5.82 Å². The molecule has 0 bridgehead atoms. The smallest absolute Gasteiger partial charge is 0.150 e. The summed E-state index contributed by atoms with van der Waals surface area (Å²) in [6.45, 7) is 5.24. The fourth-order valence-electron chi connectivity index (χ4n) is 3.39. The van der Waals surface area contributed by atoms with E-state index in [1.807, 2.05) is 12.1 Å². The first kappa shape index (κ1) is 12.9. The van der Waals surface area contributed by atoms with Gasteiger partial charge in [-0.25, -0.2) is 4.39 Å². The predicted molar refractivity (Wildman–Crippen MR) is 75.3 cm³/mol. The van der Waals surface area contributed by atoms with Crippen molar-refractivity contribution in [2.24, 2.45) is 0 Å². The van der Waals surface area contributed by atoms with Gasteiger partial charge in [-0.15, -0.1) is 0 Å². The number of nitrogens with zero attached hydrogens (tertiary/aromatic N) is 2. The standard InChI is InChI=1S/C15H22FN3/c16-15-12(4-1-6-14(15)17)10-18-7-3-9-19-8-2-5-13(19)11-18/h1,4,6,13H,2-3,5,7-11,17H2. The number of nitrogens with two attached hydrogens (primary N) is 1. The van der Waals surface area contributed by atoms with Crippen molar-refractivity contribution in [2.75, 3.05) is 31.9 Å². The molecule has 4 heteroatoms. The lowest BCUT2D eigenvalue weighted by atomic mass is 10.1. The van der Waals surface area contributed by atoms with E-state index in [1.54, 1.807) is 6.07 Å². The maximum atomic E-state index is 14.0. The summed E-state index contributed by atoms with van der Waals surface area (Å²) in [5.74, 6) is -0.241. The minimum absolute atomic E-state index is 0.241. The van der Waals surface area contributed by atoms with Crippen LogP contribution in [0.1, 0.15) is 24.8 Å². The third kappa shape index (κ3) is 2.74. The number of anilines is 1. The largest absolute Gasteiger partial charge is 0.396 e. The summed E-state index contributed by atoms with van der Waals surface area (Å²) in [4.78, 5) is 4.98. The quantitative estimate of drug-likeness (QED) is 0.829. The van der Waals surface area contributed by atoms with E-state index >= 15 is 0 Å². The molecule has 1 unspecified atom stereocenters. The fourth-order valence-corrected chi connectivity index (χ4v) is 3.39. The van der Waals surface area contributed by atoms with Gasteiger partial charge in [0.25, 0.3) is 0 Å². The monoisotopic (exact) mass is 263 g/mol. The summed E-state index contributed by atoms with van der Waals surface area (Å²) in [6, 6.07) is 5.99. The fraction of sp³-hybridized carbons (Fsp3) is 0.600. The lowest BCUT2D eigenvalue weighted by Crippen LogP contribution is -2.36. The van der Waals surface area contributed by atoms with Gasteiger partial charge in [0.15, 0.2) is 5.82 Å². The average Bonchev–Trinajstić information content (AvgIpc) is 2.74. The minimum atomic E-state index is -0.241. The van der Waals surface area contributed by atoms with Crippen molar-refractivity contribution in [3.05, 3.63) is 29.6 Å². The summed E-state index contributed by atoms with van der Waals surface area (Å²) < 4.78 is 14.0. The molecule has 1 aromatic carbocycles. The van der Waals surface area contributed by atoms with Crippen LogP contribution >= 0.6 is 0 Å². The molecule has 2 aliphatic heterocycles. The van der Waals surface area contributed by atoms with E-state index < -0.39 is 0 Å². The van der Waals surface area contributed by atoms with Gasteiger partial charge >= 0.3 is 0 Å². The molecule has 0 aromatic heterocycles. The van der Waals surface area contributed by atoms with Gasteiger partial charge in [0.2, 0.25) is 0 Å². The molecule has 2 fully saturated rings. The van der Waals surface area contributed by atoms with Crippen LogP contribution in [0.4, 0.5) is 10.1 Å². The molecular formula is C15H22FN3. The van der Waals surface area contributed by atoms with Crippen molar-refractivity contribution in [3.63, 3.8) is 0 Å². The van der Waals surface area contributed by atoms with Gasteiger partial charge in [-0.05, 0) is 45.0 Å². The summed E-state index contributed by atoms with van der Waals surface area (Å²) >= 11 is 0. The Balaban J connectivity index is 1.70. The van der Waals surface area contributed by atoms with Crippen LogP contribution in [0.25, 0.3) is 0 Å². The Kier molecular flexibility index (Phi) is 3.71. The van der Waals surface area contributed by atoms with E-state index in [0.29, 0.717) is 12.6 Å². The third-order valence-corrected chi connectivity index (χ3v) is 4.39. The molecule has 2 N–H and O–H groups in total. The van der Waals surface area contributed by atoms with Crippen molar-refractivity contribution in [1.29, 1.82) is 0 Å². The third-order valence-electron chi connectivity index (χ3n) is 4.39. The Morgan fingerprint density at radius 2 is 2.05 bits per heavy atom. The van der Waals surface area contributed by atoms with Gasteiger partial charge in [0.1, 0.15) is 0 Å². The maximum absolute atomic E-state index is 14.0. The molecule has 2 aliphatic rings. The van der Waals surface area contributed by atoms with E-state index in [2.05, 4.69) is 9.80 Å². The Labute approximate surface area is 114 Å².